The highest BCUT2D eigenvalue weighted by molar-refractivity contribution is 5.99. The zero-order valence-electron chi connectivity index (χ0n) is 22.6. The summed E-state index contributed by atoms with van der Waals surface area (Å²) in [6.45, 7) is 0.478. The van der Waals surface area contributed by atoms with Crippen molar-refractivity contribution in [2.24, 2.45) is 0 Å². The summed E-state index contributed by atoms with van der Waals surface area (Å²) in [6.07, 6.45) is 2.01. The van der Waals surface area contributed by atoms with Crippen LogP contribution in [0.1, 0.15) is 28.1 Å². The molecule has 1 atom stereocenters. The third kappa shape index (κ3) is 4.32. The lowest BCUT2D eigenvalue weighted by Gasteiger charge is -2.36. The van der Waals surface area contributed by atoms with Gasteiger partial charge in [-0.15, -0.1) is 0 Å². The number of fused-ring (bicyclic) bond motifs is 1. The van der Waals surface area contributed by atoms with Crippen molar-refractivity contribution >= 4 is 10.9 Å². The lowest BCUT2D eigenvalue weighted by atomic mass is 9.67. The number of para-hydroxylation sites is 2. The molecule has 0 aliphatic heterocycles. The minimum Gasteiger partial charge on any atom is -0.489 e. The van der Waals surface area contributed by atoms with Gasteiger partial charge in [-0.1, -0.05) is 127 Å². The minimum atomic E-state index is -0.734. The molecule has 5 aromatic carbocycles. The number of rotatable bonds is 8. The van der Waals surface area contributed by atoms with E-state index in [-0.39, 0.29) is 0 Å². The molecule has 2 aromatic heterocycles. The van der Waals surface area contributed by atoms with Gasteiger partial charge in [-0.3, -0.25) is 0 Å². The van der Waals surface area contributed by atoms with Crippen LogP contribution in [0.15, 0.2) is 158 Å². The Kier molecular flexibility index (Phi) is 6.46. The first kappa shape index (κ1) is 24.7. The minimum absolute atomic E-state index is 0.478. The summed E-state index contributed by atoms with van der Waals surface area (Å²) in [7, 11) is 0. The van der Waals surface area contributed by atoms with Crippen LogP contribution in [0, 0.1) is 0 Å². The monoisotopic (exact) mass is 530 g/mol. The predicted octanol–water partition coefficient (Wildman–Crippen LogP) is 9.12. The molecule has 0 aliphatic rings. The van der Waals surface area contributed by atoms with Crippen molar-refractivity contribution in [2.45, 2.75) is 12.0 Å². The first-order chi connectivity index (χ1) is 20.4. The maximum absolute atomic E-state index is 6.66. The van der Waals surface area contributed by atoms with Crippen LogP contribution in [-0.2, 0) is 12.0 Å². The number of aromatic amines is 2. The van der Waals surface area contributed by atoms with E-state index in [0.29, 0.717) is 6.61 Å². The number of hydrogen-bond acceptors (Lipinski definition) is 1. The lowest BCUT2D eigenvalue weighted by Crippen LogP contribution is -2.33. The number of hydrogen-bond donors (Lipinski definition) is 2. The molecule has 0 radical (unpaired) electrons. The fourth-order valence-electron chi connectivity index (χ4n) is 6.09. The summed E-state index contributed by atoms with van der Waals surface area (Å²) in [5.41, 5.74) is 8.18. The van der Waals surface area contributed by atoms with Crippen molar-refractivity contribution in [3.63, 3.8) is 0 Å². The van der Waals surface area contributed by atoms with Crippen LogP contribution in [0.5, 0.6) is 5.75 Å². The summed E-state index contributed by atoms with van der Waals surface area (Å²) in [6, 6.07) is 53.0. The smallest absolute Gasteiger partial charge is 0.124 e. The molecule has 0 saturated carbocycles. The molecule has 0 unspecified atom stereocenters. The predicted molar refractivity (Wildman–Crippen MR) is 167 cm³/mol. The molecule has 41 heavy (non-hydrogen) atoms. The standard InChI is InChI=1S/C38H30N2O/c1-4-15-28(16-5-1)27-41-34-24-13-11-22-32(34)38(35-25-14-26-39-35,30-19-8-3-9-20-30)37-36(29-17-6-2-7-18-29)31-21-10-12-23-33(31)40-37/h1-26,39-40H,27H2/t38-/m0/s1. The number of aromatic nitrogens is 2. The van der Waals surface area contributed by atoms with Crippen molar-refractivity contribution < 1.29 is 4.74 Å². The van der Waals surface area contributed by atoms with Crippen LogP contribution in [0.2, 0.25) is 0 Å². The van der Waals surface area contributed by atoms with E-state index in [1.54, 1.807) is 0 Å². The van der Waals surface area contributed by atoms with Crippen LogP contribution < -0.4 is 4.74 Å². The van der Waals surface area contributed by atoms with E-state index in [1.807, 2.05) is 12.3 Å². The highest BCUT2D eigenvalue weighted by atomic mass is 16.5. The molecule has 2 heterocycles. The molecule has 3 heteroatoms. The Morgan fingerprint density at radius 1 is 0.585 bits per heavy atom. The Morgan fingerprint density at radius 3 is 2.00 bits per heavy atom. The summed E-state index contributed by atoms with van der Waals surface area (Å²) in [5.74, 6) is 0.840. The molecule has 0 amide bonds. The Morgan fingerprint density at radius 2 is 1.24 bits per heavy atom. The van der Waals surface area contributed by atoms with Gasteiger partial charge in [-0.25, -0.2) is 0 Å². The first-order valence-corrected chi connectivity index (χ1v) is 14.0. The van der Waals surface area contributed by atoms with Crippen molar-refractivity contribution in [3.8, 4) is 16.9 Å². The fourth-order valence-corrected chi connectivity index (χ4v) is 6.09. The van der Waals surface area contributed by atoms with Crippen LogP contribution in [-0.4, -0.2) is 9.97 Å². The van der Waals surface area contributed by atoms with E-state index in [1.165, 1.54) is 10.9 Å². The molecule has 0 saturated heterocycles. The van der Waals surface area contributed by atoms with Gasteiger partial charge in [0, 0.05) is 39.6 Å². The summed E-state index contributed by atoms with van der Waals surface area (Å²) in [4.78, 5) is 7.54. The van der Waals surface area contributed by atoms with Gasteiger partial charge in [0.05, 0.1) is 0 Å². The van der Waals surface area contributed by atoms with Gasteiger partial charge >= 0.3 is 0 Å². The molecule has 7 rings (SSSR count). The van der Waals surface area contributed by atoms with Crippen LogP contribution in [0.4, 0.5) is 0 Å². The molecule has 3 nitrogen and oxygen atoms in total. The maximum Gasteiger partial charge on any atom is 0.124 e. The Bertz CT molecular complexity index is 1870. The highest BCUT2D eigenvalue weighted by Crippen LogP contribution is 2.51. The topological polar surface area (TPSA) is 40.8 Å². The normalized spacial score (nSPS) is 12.7. The molecule has 0 aliphatic carbocycles. The Labute approximate surface area is 240 Å². The maximum atomic E-state index is 6.66. The highest BCUT2D eigenvalue weighted by Gasteiger charge is 2.44. The van der Waals surface area contributed by atoms with Crippen LogP contribution >= 0.6 is 0 Å². The molecule has 0 fully saturated rings. The summed E-state index contributed by atoms with van der Waals surface area (Å²) < 4.78 is 6.66. The third-order valence-corrected chi connectivity index (χ3v) is 7.88. The number of nitrogens with one attached hydrogen (secondary N) is 2. The largest absolute Gasteiger partial charge is 0.489 e. The molecule has 198 valence electrons. The molecular weight excluding hydrogens is 500 g/mol. The van der Waals surface area contributed by atoms with Gasteiger partial charge < -0.3 is 14.7 Å². The van der Waals surface area contributed by atoms with Gasteiger partial charge in [0.1, 0.15) is 17.8 Å². The first-order valence-electron chi connectivity index (χ1n) is 14.0. The zero-order chi connectivity index (χ0) is 27.5. The van der Waals surface area contributed by atoms with Crippen molar-refractivity contribution in [2.75, 3.05) is 0 Å². The fraction of sp³-hybridized carbons (Fsp3) is 0.0526. The second-order valence-electron chi connectivity index (χ2n) is 10.3. The number of benzene rings is 5. The SMILES string of the molecule is c1ccc(COc2ccccc2[C@@](c2ccccc2)(c2ccc[nH]2)c2[nH]c3ccccc3c2-c2ccccc2)cc1. The van der Waals surface area contributed by atoms with Crippen molar-refractivity contribution in [3.05, 3.63) is 186 Å². The van der Waals surface area contributed by atoms with Crippen molar-refractivity contribution in [1.82, 2.24) is 9.97 Å². The van der Waals surface area contributed by atoms with E-state index >= 15 is 0 Å². The zero-order valence-corrected chi connectivity index (χ0v) is 22.6. The van der Waals surface area contributed by atoms with Crippen LogP contribution in [0.3, 0.4) is 0 Å². The van der Waals surface area contributed by atoms with E-state index in [4.69, 9.17) is 4.74 Å². The molecule has 0 bridgehead atoms. The average molecular weight is 531 g/mol. The van der Waals surface area contributed by atoms with Gasteiger partial charge in [0.25, 0.3) is 0 Å². The Balaban J connectivity index is 1.57. The van der Waals surface area contributed by atoms with E-state index in [9.17, 15) is 0 Å². The molecule has 7 aromatic rings. The number of H-pyrrole nitrogens is 2. The molecule has 2 N–H and O–H groups in total. The second kappa shape index (κ2) is 10.7. The van der Waals surface area contributed by atoms with Gasteiger partial charge in [0.2, 0.25) is 0 Å². The van der Waals surface area contributed by atoms with Crippen LogP contribution in [0.25, 0.3) is 22.0 Å². The summed E-state index contributed by atoms with van der Waals surface area (Å²) in [5, 5.41) is 1.18. The van der Waals surface area contributed by atoms with E-state index in [0.717, 1.165) is 44.9 Å². The summed E-state index contributed by atoms with van der Waals surface area (Å²) >= 11 is 0. The van der Waals surface area contributed by atoms with E-state index < -0.39 is 5.41 Å². The second-order valence-corrected chi connectivity index (χ2v) is 10.3. The van der Waals surface area contributed by atoms with Gasteiger partial charge in [0.15, 0.2) is 0 Å². The molecule has 0 spiro atoms. The average Bonchev–Trinajstić information content (AvgIpc) is 3.72. The van der Waals surface area contributed by atoms with E-state index in [2.05, 4.69) is 156 Å². The number of ether oxygens (including phenoxy) is 1. The quantitative estimate of drug-likeness (QED) is 0.202. The third-order valence-electron chi connectivity index (χ3n) is 7.88. The lowest BCUT2D eigenvalue weighted by molar-refractivity contribution is 0.300. The van der Waals surface area contributed by atoms with Gasteiger partial charge in [-0.05, 0) is 41.0 Å². The van der Waals surface area contributed by atoms with Gasteiger partial charge in [-0.2, -0.15) is 0 Å². The Hall–Kier alpha value is -5.28. The molecular formula is C38H30N2O. The van der Waals surface area contributed by atoms with Crippen molar-refractivity contribution in [1.29, 1.82) is 0 Å².